The molecule has 0 saturated heterocycles. The van der Waals surface area contributed by atoms with E-state index in [2.05, 4.69) is 11.3 Å². The lowest BCUT2D eigenvalue weighted by Crippen LogP contribution is -2.41. The Labute approximate surface area is 54.7 Å². The van der Waals surface area contributed by atoms with Gasteiger partial charge in [-0.15, -0.1) is 0 Å². The zero-order valence-electron chi connectivity index (χ0n) is 5.25. The Hall–Kier alpha value is -0.860. The number of nitrogens with zero attached hydrogens (tertiary/aromatic N) is 1. The third kappa shape index (κ3) is 1.83. The Bertz CT molecular complexity index is 160. The summed E-state index contributed by atoms with van der Waals surface area (Å²) in [6.07, 6.45) is 0. The molecule has 0 amide bonds. The summed E-state index contributed by atoms with van der Waals surface area (Å²) in [5.41, 5.74) is 4.97. The molecule has 1 aromatic rings. The molecule has 0 heterocycles. The van der Waals surface area contributed by atoms with Crippen molar-refractivity contribution in [3.05, 3.63) is 41.3 Å². The lowest BCUT2D eigenvalue weighted by molar-refractivity contribution is -0.306. The summed E-state index contributed by atoms with van der Waals surface area (Å²) in [5.74, 6) is 3.41. The molecule has 48 valence electrons. The monoisotopic (exact) mass is 122 g/mol. The summed E-state index contributed by atoms with van der Waals surface area (Å²) in [4.78, 5) is 0. The highest BCUT2D eigenvalue weighted by molar-refractivity contribution is 5.15. The molecule has 2 heteroatoms. The van der Waals surface area contributed by atoms with Crippen molar-refractivity contribution in [3.63, 3.8) is 0 Å². The predicted octanol–water partition coefficient (Wildman–Crippen LogP) is 0.717. The van der Waals surface area contributed by atoms with Crippen LogP contribution in [0.4, 0.5) is 0 Å². The molecule has 0 radical (unpaired) electrons. The van der Waals surface area contributed by atoms with Crippen molar-refractivity contribution in [1.82, 2.24) is 0 Å². The van der Waals surface area contributed by atoms with Crippen LogP contribution < -0.4 is 5.84 Å². The highest BCUT2D eigenvalue weighted by atomic mass is 15.2. The largest absolute Gasteiger partial charge is 0.454 e. The number of rotatable bonds is 2. The van der Waals surface area contributed by atoms with Crippen molar-refractivity contribution in [1.29, 1.82) is 0 Å². The lowest BCUT2D eigenvalue weighted by atomic mass is 10.2. The summed E-state index contributed by atoms with van der Waals surface area (Å²) in [5, 5.41) is 0. The Balaban J connectivity index is 2.61. The predicted molar refractivity (Wildman–Crippen MR) is 36.4 cm³/mol. The van der Waals surface area contributed by atoms with E-state index in [1.807, 2.05) is 30.3 Å². The molecular formula is C7H10N2. The summed E-state index contributed by atoms with van der Waals surface area (Å²) in [7, 11) is 0. The van der Waals surface area contributed by atoms with Crippen molar-refractivity contribution in [2.75, 3.05) is 0 Å². The molecule has 2 nitrogen and oxygen atoms in total. The van der Waals surface area contributed by atoms with Gasteiger partial charge in [-0.05, 0) is 0 Å². The Kier molecular flexibility index (Phi) is 2.24. The van der Waals surface area contributed by atoms with E-state index in [1.54, 1.807) is 0 Å². The smallest absolute Gasteiger partial charge is 0.0607 e. The van der Waals surface area contributed by atoms with Gasteiger partial charge in [-0.2, -0.15) is 0 Å². The average molecular weight is 122 g/mol. The minimum Gasteiger partial charge on any atom is -0.454 e. The van der Waals surface area contributed by atoms with Crippen molar-refractivity contribution >= 4 is 0 Å². The van der Waals surface area contributed by atoms with E-state index in [-0.39, 0.29) is 0 Å². The summed E-state index contributed by atoms with van der Waals surface area (Å²) in [6.45, 7) is 0.723. The first-order chi connectivity index (χ1) is 4.43. The van der Waals surface area contributed by atoms with Gasteiger partial charge in [0.2, 0.25) is 0 Å². The number of quaternary nitrogens is 1. The van der Waals surface area contributed by atoms with Crippen LogP contribution >= 0.6 is 0 Å². The molecule has 0 spiro atoms. The minimum absolute atomic E-state index is 0.723. The van der Waals surface area contributed by atoms with Crippen molar-refractivity contribution in [2.24, 2.45) is 0 Å². The highest BCUT2D eigenvalue weighted by Crippen LogP contribution is 1.99. The highest BCUT2D eigenvalue weighted by Gasteiger charge is 1.78. The molecule has 0 aliphatic carbocycles. The van der Waals surface area contributed by atoms with E-state index in [1.165, 1.54) is 5.56 Å². The molecule has 0 saturated carbocycles. The minimum atomic E-state index is 0.723. The third-order valence-electron chi connectivity index (χ3n) is 1.14. The third-order valence-corrected chi connectivity index (χ3v) is 1.14. The maximum atomic E-state index is 3.76. The summed E-state index contributed by atoms with van der Waals surface area (Å²) < 4.78 is 0. The molecule has 0 aromatic heterocycles. The second-order valence-corrected chi connectivity index (χ2v) is 1.87. The Morgan fingerprint density at radius 3 is 2.44 bits per heavy atom. The quantitative estimate of drug-likeness (QED) is 0.561. The van der Waals surface area contributed by atoms with E-state index in [0.717, 1.165) is 6.54 Å². The van der Waals surface area contributed by atoms with E-state index >= 15 is 0 Å². The van der Waals surface area contributed by atoms with Gasteiger partial charge >= 0.3 is 0 Å². The topological polar surface area (TPSA) is 41.7 Å². The zero-order chi connectivity index (χ0) is 6.53. The first-order valence-electron chi connectivity index (χ1n) is 2.90. The molecule has 9 heavy (non-hydrogen) atoms. The normalized spacial score (nSPS) is 9.44. The molecule has 1 aromatic carbocycles. The molecule has 0 unspecified atom stereocenters. The van der Waals surface area contributed by atoms with Crippen LogP contribution in [0, 0.1) is 0 Å². The van der Waals surface area contributed by atoms with Gasteiger partial charge in [0.25, 0.3) is 0 Å². The number of hydrogen-bond donors (Lipinski definition) is 1. The average Bonchev–Trinajstić information content (AvgIpc) is 1.91. The van der Waals surface area contributed by atoms with Gasteiger partial charge in [-0.1, -0.05) is 42.4 Å². The standard InChI is InChI=1S/C7H10N2/c8-9-6-7-4-2-1-3-5-7/h1-5H,6H2,8H3. The fourth-order valence-electron chi connectivity index (χ4n) is 0.713. The van der Waals surface area contributed by atoms with Crippen LogP contribution in [0.25, 0.3) is 5.43 Å². The number of benzene rings is 1. The van der Waals surface area contributed by atoms with Crippen LogP contribution in [0.3, 0.4) is 0 Å². The molecule has 0 atom stereocenters. The van der Waals surface area contributed by atoms with Crippen LogP contribution in [0.5, 0.6) is 0 Å². The summed E-state index contributed by atoms with van der Waals surface area (Å²) >= 11 is 0. The van der Waals surface area contributed by atoms with Crippen molar-refractivity contribution in [3.8, 4) is 0 Å². The lowest BCUT2D eigenvalue weighted by Gasteiger charge is -2.04. The molecule has 0 aliphatic heterocycles. The fourth-order valence-corrected chi connectivity index (χ4v) is 0.713. The van der Waals surface area contributed by atoms with Gasteiger partial charge in [0.15, 0.2) is 0 Å². The molecule has 0 bridgehead atoms. The SMILES string of the molecule is [NH3+][N-]Cc1ccccc1. The van der Waals surface area contributed by atoms with Crippen molar-refractivity contribution in [2.45, 2.75) is 6.54 Å². The summed E-state index contributed by atoms with van der Waals surface area (Å²) in [6, 6.07) is 10.1. The maximum Gasteiger partial charge on any atom is -0.0607 e. The molecule has 0 aliphatic rings. The Morgan fingerprint density at radius 2 is 1.89 bits per heavy atom. The van der Waals surface area contributed by atoms with E-state index < -0.39 is 0 Å². The fraction of sp³-hybridized carbons (Fsp3) is 0.143. The van der Waals surface area contributed by atoms with Crippen LogP contribution in [0.2, 0.25) is 0 Å². The van der Waals surface area contributed by atoms with Gasteiger partial charge in [-0.25, -0.2) is 0 Å². The van der Waals surface area contributed by atoms with Crippen LogP contribution in [0.1, 0.15) is 5.56 Å². The Morgan fingerprint density at radius 1 is 1.22 bits per heavy atom. The first kappa shape index (κ1) is 6.26. The van der Waals surface area contributed by atoms with Gasteiger partial charge < -0.3 is 11.3 Å². The molecule has 1 rings (SSSR count). The van der Waals surface area contributed by atoms with Gasteiger partial charge in [0.05, 0.1) is 0 Å². The molecular weight excluding hydrogens is 112 g/mol. The maximum absolute atomic E-state index is 3.76. The number of hydrogen-bond acceptors (Lipinski definition) is 0. The van der Waals surface area contributed by atoms with E-state index in [0.29, 0.717) is 0 Å². The van der Waals surface area contributed by atoms with Crippen LogP contribution in [-0.4, -0.2) is 0 Å². The van der Waals surface area contributed by atoms with Crippen LogP contribution in [-0.2, 0) is 6.54 Å². The van der Waals surface area contributed by atoms with Gasteiger partial charge in [0, 0.05) is 0 Å². The first-order valence-corrected chi connectivity index (χ1v) is 2.90. The molecule has 3 N–H and O–H groups in total. The van der Waals surface area contributed by atoms with Gasteiger partial charge in [0.1, 0.15) is 0 Å². The zero-order valence-corrected chi connectivity index (χ0v) is 5.25. The van der Waals surface area contributed by atoms with E-state index in [4.69, 9.17) is 0 Å². The van der Waals surface area contributed by atoms with Gasteiger partial charge in [-0.3, -0.25) is 0 Å². The molecule has 0 fully saturated rings. The second kappa shape index (κ2) is 3.22. The second-order valence-electron chi connectivity index (χ2n) is 1.87. The van der Waals surface area contributed by atoms with Crippen LogP contribution in [0.15, 0.2) is 30.3 Å². The van der Waals surface area contributed by atoms with Crippen molar-refractivity contribution < 1.29 is 5.84 Å². The van der Waals surface area contributed by atoms with E-state index in [9.17, 15) is 0 Å².